The third kappa shape index (κ3) is 4.69. The highest BCUT2D eigenvalue weighted by Gasteiger charge is 2.32. The maximum Gasteiger partial charge on any atom is 0.247 e. The first-order valence-electron chi connectivity index (χ1n) is 11.4. The number of aromatic nitrogens is 2. The van der Waals surface area contributed by atoms with Gasteiger partial charge in [0.1, 0.15) is 6.04 Å². The van der Waals surface area contributed by atoms with Gasteiger partial charge in [-0.15, -0.1) is 10.2 Å². The molecule has 2 fully saturated rings. The molecule has 0 amide bonds. The van der Waals surface area contributed by atoms with Crippen molar-refractivity contribution < 1.29 is 4.42 Å². The van der Waals surface area contributed by atoms with Crippen molar-refractivity contribution in [3.8, 4) is 11.5 Å². The molecule has 0 bridgehead atoms. The lowest BCUT2D eigenvalue weighted by Gasteiger charge is -2.42. The third-order valence-electron chi connectivity index (χ3n) is 6.69. The van der Waals surface area contributed by atoms with Gasteiger partial charge in [0.2, 0.25) is 11.8 Å². The minimum atomic E-state index is -0.0248. The average molecular weight is 437 g/mol. The molecular weight excluding hydrogens is 408 g/mol. The number of benzene rings is 2. The molecule has 6 heteroatoms. The van der Waals surface area contributed by atoms with Crippen LogP contribution in [0.3, 0.4) is 0 Å². The van der Waals surface area contributed by atoms with E-state index >= 15 is 0 Å². The van der Waals surface area contributed by atoms with E-state index in [1.54, 1.807) is 0 Å². The molecule has 5 rings (SSSR count). The molecule has 1 aliphatic heterocycles. The lowest BCUT2D eigenvalue weighted by atomic mass is 9.93. The number of piperazine rings is 1. The Labute approximate surface area is 189 Å². The van der Waals surface area contributed by atoms with Crippen molar-refractivity contribution in [1.82, 2.24) is 20.0 Å². The Hall–Kier alpha value is -2.21. The first-order chi connectivity index (χ1) is 15.3. The molecule has 2 aliphatic rings. The number of hydrogen-bond donors (Lipinski definition) is 0. The van der Waals surface area contributed by atoms with Gasteiger partial charge in [-0.2, -0.15) is 0 Å². The summed E-state index contributed by atoms with van der Waals surface area (Å²) in [6.07, 6.45) is 6.88. The second kappa shape index (κ2) is 9.51. The monoisotopic (exact) mass is 436 g/mol. The molecule has 0 unspecified atom stereocenters. The Kier molecular flexibility index (Phi) is 6.35. The lowest BCUT2D eigenvalue weighted by molar-refractivity contribution is 0.0591. The molecule has 2 heterocycles. The summed E-state index contributed by atoms with van der Waals surface area (Å²) in [5, 5.41) is 9.52. The zero-order valence-corrected chi connectivity index (χ0v) is 18.5. The largest absolute Gasteiger partial charge is 0.419 e. The maximum atomic E-state index is 6.20. The van der Waals surface area contributed by atoms with Crippen LogP contribution in [0.25, 0.3) is 11.5 Å². The average Bonchev–Trinajstić information content (AvgIpc) is 3.31. The molecule has 1 aromatic heterocycles. The highest BCUT2D eigenvalue weighted by Crippen LogP contribution is 2.32. The van der Waals surface area contributed by atoms with Crippen LogP contribution >= 0.6 is 11.6 Å². The summed E-state index contributed by atoms with van der Waals surface area (Å²) in [5.74, 6) is 1.19. The summed E-state index contributed by atoms with van der Waals surface area (Å²) in [5.41, 5.74) is 2.08. The lowest BCUT2D eigenvalue weighted by Crippen LogP contribution is -2.51. The van der Waals surface area contributed by atoms with Crippen molar-refractivity contribution in [3.05, 3.63) is 71.1 Å². The zero-order chi connectivity index (χ0) is 21.0. The van der Waals surface area contributed by atoms with Gasteiger partial charge in [0.25, 0.3) is 0 Å². The smallest absolute Gasteiger partial charge is 0.247 e. The quantitative estimate of drug-likeness (QED) is 0.533. The van der Waals surface area contributed by atoms with Crippen molar-refractivity contribution in [2.75, 3.05) is 26.2 Å². The summed E-state index contributed by atoms with van der Waals surface area (Å²) < 4.78 is 6.20. The van der Waals surface area contributed by atoms with E-state index in [0.29, 0.717) is 16.8 Å². The Morgan fingerprint density at radius 2 is 1.55 bits per heavy atom. The molecule has 3 aromatic rings. The van der Waals surface area contributed by atoms with Gasteiger partial charge in [-0.1, -0.05) is 61.2 Å². The van der Waals surface area contributed by atoms with Crippen molar-refractivity contribution in [1.29, 1.82) is 0 Å². The fraction of sp³-hybridized carbons (Fsp3) is 0.440. The Morgan fingerprint density at radius 3 is 2.26 bits per heavy atom. The first-order valence-corrected chi connectivity index (χ1v) is 11.8. The molecule has 5 nitrogen and oxygen atoms in total. The van der Waals surface area contributed by atoms with E-state index in [1.165, 1.54) is 37.7 Å². The van der Waals surface area contributed by atoms with Crippen LogP contribution in [0.15, 0.2) is 59.0 Å². The van der Waals surface area contributed by atoms with Crippen LogP contribution in [0, 0.1) is 0 Å². The van der Waals surface area contributed by atoms with Gasteiger partial charge in [-0.25, -0.2) is 0 Å². The molecule has 1 saturated carbocycles. The molecule has 0 radical (unpaired) electrons. The molecule has 0 N–H and O–H groups in total. The Morgan fingerprint density at radius 1 is 0.839 bits per heavy atom. The van der Waals surface area contributed by atoms with E-state index in [-0.39, 0.29) is 6.04 Å². The summed E-state index contributed by atoms with van der Waals surface area (Å²) >= 11 is 6.03. The third-order valence-corrected chi connectivity index (χ3v) is 6.94. The second-order valence-electron chi connectivity index (χ2n) is 8.63. The molecule has 1 atom stereocenters. The molecule has 1 aliphatic carbocycles. The van der Waals surface area contributed by atoms with Crippen LogP contribution in [0.5, 0.6) is 0 Å². The molecule has 31 heavy (non-hydrogen) atoms. The fourth-order valence-electron chi connectivity index (χ4n) is 5.01. The Balaban J connectivity index is 1.37. The molecule has 0 spiro atoms. The van der Waals surface area contributed by atoms with Gasteiger partial charge in [0, 0.05) is 42.8 Å². The number of rotatable bonds is 5. The maximum absolute atomic E-state index is 6.20. The van der Waals surface area contributed by atoms with Gasteiger partial charge in [0.05, 0.1) is 0 Å². The van der Waals surface area contributed by atoms with Gasteiger partial charge >= 0.3 is 0 Å². The molecule has 2 aromatic carbocycles. The predicted molar refractivity (Wildman–Crippen MR) is 123 cm³/mol. The van der Waals surface area contributed by atoms with E-state index < -0.39 is 0 Å². The van der Waals surface area contributed by atoms with Crippen molar-refractivity contribution in [3.63, 3.8) is 0 Å². The number of nitrogens with zero attached hydrogens (tertiary/aromatic N) is 4. The molecule has 162 valence electrons. The van der Waals surface area contributed by atoms with Crippen molar-refractivity contribution in [2.45, 2.75) is 44.2 Å². The van der Waals surface area contributed by atoms with E-state index in [2.05, 4.69) is 50.3 Å². The SMILES string of the molecule is Clc1ccc(-c2nnc([C@H](c3ccccc3)N3CCN(C4CCCCC4)CC3)o2)cc1. The predicted octanol–water partition coefficient (Wildman–Crippen LogP) is 5.43. The van der Waals surface area contributed by atoms with Gasteiger partial charge in [0.15, 0.2) is 0 Å². The molecular formula is C25H29ClN4O. The second-order valence-corrected chi connectivity index (χ2v) is 9.07. The fourth-order valence-corrected chi connectivity index (χ4v) is 5.13. The van der Waals surface area contributed by atoms with Crippen LogP contribution in [0.1, 0.15) is 49.6 Å². The van der Waals surface area contributed by atoms with E-state index in [1.807, 2.05) is 24.3 Å². The Bertz CT molecular complexity index is 961. The van der Waals surface area contributed by atoms with E-state index in [0.717, 1.165) is 37.8 Å². The summed E-state index contributed by atoms with van der Waals surface area (Å²) in [6.45, 7) is 4.22. The molecule has 1 saturated heterocycles. The van der Waals surface area contributed by atoms with Crippen molar-refractivity contribution >= 4 is 11.6 Å². The van der Waals surface area contributed by atoms with Crippen LogP contribution < -0.4 is 0 Å². The van der Waals surface area contributed by atoms with Crippen LogP contribution in [-0.2, 0) is 0 Å². The topological polar surface area (TPSA) is 45.4 Å². The minimum Gasteiger partial charge on any atom is -0.419 e. The van der Waals surface area contributed by atoms with Crippen molar-refractivity contribution in [2.24, 2.45) is 0 Å². The standard InChI is InChI=1S/C25H29ClN4O/c26-21-13-11-20(12-14-21)24-27-28-25(31-24)23(19-7-3-1-4-8-19)30-17-15-29(16-18-30)22-9-5-2-6-10-22/h1,3-4,7-8,11-14,22-23H,2,5-6,9-10,15-18H2/t23-/m0/s1. The zero-order valence-electron chi connectivity index (χ0n) is 17.8. The minimum absolute atomic E-state index is 0.0248. The summed E-state index contributed by atoms with van der Waals surface area (Å²) in [4.78, 5) is 5.19. The highest BCUT2D eigenvalue weighted by molar-refractivity contribution is 6.30. The summed E-state index contributed by atoms with van der Waals surface area (Å²) in [7, 11) is 0. The number of halogens is 1. The van der Waals surface area contributed by atoms with Crippen LogP contribution in [0.2, 0.25) is 5.02 Å². The van der Waals surface area contributed by atoms with Crippen LogP contribution in [-0.4, -0.2) is 52.2 Å². The van der Waals surface area contributed by atoms with Gasteiger partial charge < -0.3 is 4.42 Å². The normalized spacial score (nSPS) is 20.0. The van der Waals surface area contributed by atoms with Crippen LogP contribution in [0.4, 0.5) is 0 Å². The number of hydrogen-bond acceptors (Lipinski definition) is 5. The van der Waals surface area contributed by atoms with Gasteiger partial charge in [-0.05, 0) is 42.7 Å². The van der Waals surface area contributed by atoms with E-state index in [4.69, 9.17) is 16.0 Å². The highest BCUT2D eigenvalue weighted by atomic mass is 35.5. The van der Waals surface area contributed by atoms with Gasteiger partial charge in [-0.3, -0.25) is 9.80 Å². The first kappa shape index (κ1) is 20.7. The van der Waals surface area contributed by atoms with E-state index in [9.17, 15) is 0 Å². The summed E-state index contributed by atoms with van der Waals surface area (Å²) in [6, 6.07) is 18.8.